The van der Waals surface area contributed by atoms with Crippen molar-refractivity contribution in [2.45, 2.75) is 77.9 Å². The summed E-state index contributed by atoms with van der Waals surface area (Å²) in [6, 6.07) is 0.364. The second-order valence-electron chi connectivity index (χ2n) is 5.20. The van der Waals surface area contributed by atoms with Crippen LogP contribution in [0.5, 0.6) is 0 Å². The Balaban J connectivity index is 2.22. The average Bonchev–Trinajstić information content (AvgIpc) is 2.29. The summed E-state index contributed by atoms with van der Waals surface area (Å²) in [7, 11) is 0. The lowest BCUT2D eigenvalue weighted by Gasteiger charge is -2.53. The number of nitrogens with two attached hydrogens (primary N) is 1. The Morgan fingerprint density at radius 2 is 1.81 bits per heavy atom. The van der Waals surface area contributed by atoms with Crippen LogP contribution in [0.15, 0.2) is 0 Å². The summed E-state index contributed by atoms with van der Waals surface area (Å²) in [4.78, 5) is 0. The highest BCUT2D eigenvalue weighted by molar-refractivity contribution is 5.05. The van der Waals surface area contributed by atoms with Crippen LogP contribution in [-0.2, 0) is 4.74 Å². The monoisotopic (exact) mass is 227 g/mol. The van der Waals surface area contributed by atoms with E-state index in [9.17, 15) is 0 Å². The Morgan fingerprint density at radius 3 is 2.31 bits per heavy atom. The van der Waals surface area contributed by atoms with E-state index in [1.165, 1.54) is 25.7 Å². The smallest absolute Gasteiger partial charge is 0.0660 e. The van der Waals surface area contributed by atoms with Gasteiger partial charge in [0.25, 0.3) is 0 Å². The van der Waals surface area contributed by atoms with Gasteiger partial charge in [-0.2, -0.15) is 0 Å². The van der Waals surface area contributed by atoms with Crippen LogP contribution in [0.25, 0.3) is 0 Å². The number of unbranched alkanes of at least 4 members (excludes halogenated alkanes) is 3. The summed E-state index contributed by atoms with van der Waals surface area (Å²) in [5.74, 6) is 0. The van der Waals surface area contributed by atoms with Crippen molar-refractivity contribution >= 4 is 0 Å². The molecule has 0 saturated heterocycles. The number of hydrogen-bond donors (Lipinski definition) is 1. The summed E-state index contributed by atoms with van der Waals surface area (Å²) in [5, 5.41) is 0. The topological polar surface area (TPSA) is 35.2 Å². The van der Waals surface area contributed by atoms with Gasteiger partial charge in [-0.3, -0.25) is 0 Å². The quantitative estimate of drug-likeness (QED) is 0.644. The van der Waals surface area contributed by atoms with Crippen molar-refractivity contribution in [3.8, 4) is 0 Å². The van der Waals surface area contributed by atoms with E-state index in [0.717, 1.165) is 25.9 Å². The van der Waals surface area contributed by atoms with Gasteiger partial charge in [-0.1, -0.05) is 40.0 Å². The maximum atomic E-state index is 6.14. The zero-order valence-electron chi connectivity index (χ0n) is 11.3. The van der Waals surface area contributed by atoms with Gasteiger partial charge in [0.15, 0.2) is 0 Å². The van der Waals surface area contributed by atoms with Crippen LogP contribution in [0.4, 0.5) is 0 Å². The molecule has 2 N–H and O–H groups in total. The minimum absolute atomic E-state index is 0.282. The molecule has 1 rings (SSSR count). The molecule has 0 spiro atoms. The Kier molecular flexibility index (Phi) is 5.77. The van der Waals surface area contributed by atoms with Gasteiger partial charge in [0.2, 0.25) is 0 Å². The van der Waals surface area contributed by atoms with Crippen LogP contribution in [0.3, 0.4) is 0 Å². The van der Waals surface area contributed by atoms with Crippen LogP contribution in [0, 0.1) is 5.41 Å². The van der Waals surface area contributed by atoms with E-state index in [1.54, 1.807) is 0 Å². The molecule has 1 fully saturated rings. The van der Waals surface area contributed by atoms with Crippen LogP contribution in [0.2, 0.25) is 0 Å². The molecule has 0 aromatic heterocycles. The fraction of sp³-hybridized carbons (Fsp3) is 1.00. The van der Waals surface area contributed by atoms with E-state index in [2.05, 4.69) is 20.8 Å². The fourth-order valence-corrected chi connectivity index (χ4v) is 3.00. The molecule has 1 aliphatic carbocycles. The Hall–Kier alpha value is -0.0800. The minimum Gasteiger partial charge on any atom is -0.378 e. The summed E-state index contributed by atoms with van der Waals surface area (Å²) >= 11 is 0. The van der Waals surface area contributed by atoms with E-state index >= 15 is 0 Å². The van der Waals surface area contributed by atoms with Gasteiger partial charge in [-0.15, -0.1) is 0 Å². The first-order valence-electron chi connectivity index (χ1n) is 7.08. The van der Waals surface area contributed by atoms with Crippen molar-refractivity contribution in [1.82, 2.24) is 0 Å². The van der Waals surface area contributed by atoms with Crippen LogP contribution >= 0.6 is 0 Å². The molecule has 0 aromatic rings. The van der Waals surface area contributed by atoms with Gasteiger partial charge in [0, 0.05) is 18.1 Å². The highest BCUT2D eigenvalue weighted by atomic mass is 16.5. The van der Waals surface area contributed by atoms with Gasteiger partial charge in [-0.05, 0) is 25.7 Å². The molecule has 1 saturated carbocycles. The van der Waals surface area contributed by atoms with E-state index in [1.807, 2.05) is 0 Å². The van der Waals surface area contributed by atoms with Crippen LogP contribution < -0.4 is 5.73 Å². The molecule has 0 radical (unpaired) electrons. The van der Waals surface area contributed by atoms with Gasteiger partial charge in [0.1, 0.15) is 0 Å². The van der Waals surface area contributed by atoms with E-state index in [-0.39, 0.29) is 5.41 Å². The molecule has 1 aliphatic rings. The minimum atomic E-state index is 0.282. The molecule has 2 atom stereocenters. The molecule has 0 bridgehead atoms. The standard InChI is InChI=1S/C14H29NO/c1-4-7-8-9-10-16-13-11-12(15)14(13,5-2)6-3/h12-13H,4-11,15H2,1-3H3. The van der Waals surface area contributed by atoms with E-state index < -0.39 is 0 Å². The molecule has 2 heteroatoms. The second kappa shape index (κ2) is 6.61. The summed E-state index contributed by atoms with van der Waals surface area (Å²) < 4.78 is 6.01. The maximum absolute atomic E-state index is 6.14. The highest BCUT2D eigenvalue weighted by Crippen LogP contribution is 2.47. The fourth-order valence-electron chi connectivity index (χ4n) is 3.00. The normalized spacial score (nSPS) is 27.8. The third kappa shape index (κ3) is 2.78. The van der Waals surface area contributed by atoms with Crippen molar-refractivity contribution < 1.29 is 4.74 Å². The molecular weight excluding hydrogens is 198 g/mol. The molecule has 96 valence electrons. The predicted octanol–water partition coefficient (Wildman–Crippen LogP) is 3.49. The Morgan fingerprint density at radius 1 is 1.12 bits per heavy atom. The largest absolute Gasteiger partial charge is 0.378 e. The molecular formula is C14H29NO. The summed E-state index contributed by atoms with van der Waals surface area (Å²) in [6.45, 7) is 7.66. The zero-order valence-corrected chi connectivity index (χ0v) is 11.3. The average molecular weight is 227 g/mol. The first kappa shape index (κ1) is 14.0. The van der Waals surface area contributed by atoms with Crippen LogP contribution in [0.1, 0.15) is 65.7 Å². The van der Waals surface area contributed by atoms with Crippen molar-refractivity contribution in [3.05, 3.63) is 0 Å². The third-order valence-electron chi connectivity index (χ3n) is 4.48. The van der Waals surface area contributed by atoms with Crippen molar-refractivity contribution in [1.29, 1.82) is 0 Å². The first-order valence-corrected chi connectivity index (χ1v) is 7.08. The van der Waals surface area contributed by atoms with Gasteiger partial charge in [0.05, 0.1) is 6.10 Å². The van der Waals surface area contributed by atoms with Crippen molar-refractivity contribution in [2.24, 2.45) is 11.1 Å². The molecule has 16 heavy (non-hydrogen) atoms. The molecule has 0 amide bonds. The molecule has 0 aromatic carbocycles. The second-order valence-corrected chi connectivity index (χ2v) is 5.20. The van der Waals surface area contributed by atoms with Crippen molar-refractivity contribution in [3.63, 3.8) is 0 Å². The maximum Gasteiger partial charge on any atom is 0.0660 e. The first-order chi connectivity index (χ1) is 7.71. The molecule has 0 heterocycles. The van der Waals surface area contributed by atoms with Gasteiger partial charge >= 0.3 is 0 Å². The van der Waals surface area contributed by atoms with Gasteiger partial charge in [-0.25, -0.2) is 0 Å². The molecule has 0 aliphatic heterocycles. The van der Waals surface area contributed by atoms with E-state index in [0.29, 0.717) is 12.1 Å². The number of ether oxygens (including phenoxy) is 1. The zero-order chi connectivity index (χ0) is 12.0. The molecule has 2 nitrogen and oxygen atoms in total. The number of rotatable bonds is 8. The Bertz CT molecular complexity index is 189. The predicted molar refractivity (Wildman–Crippen MR) is 69.5 cm³/mol. The lowest BCUT2D eigenvalue weighted by molar-refractivity contribution is -0.131. The third-order valence-corrected chi connectivity index (χ3v) is 4.48. The highest BCUT2D eigenvalue weighted by Gasteiger charge is 2.51. The number of hydrogen-bond acceptors (Lipinski definition) is 2. The summed E-state index contributed by atoms with van der Waals surface area (Å²) in [5.41, 5.74) is 6.42. The SMILES string of the molecule is CCCCCCOC1CC(N)C1(CC)CC. The molecule has 2 unspecified atom stereocenters. The lowest BCUT2D eigenvalue weighted by Crippen LogP contribution is -2.61. The van der Waals surface area contributed by atoms with Crippen LogP contribution in [-0.4, -0.2) is 18.8 Å². The van der Waals surface area contributed by atoms with Gasteiger partial charge < -0.3 is 10.5 Å². The van der Waals surface area contributed by atoms with E-state index in [4.69, 9.17) is 10.5 Å². The van der Waals surface area contributed by atoms with Crippen molar-refractivity contribution in [2.75, 3.05) is 6.61 Å². The summed E-state index contributed by atoms with van der Waals surface area (Å²) in [6.07, 6.45) is 8.95. The Labute approximate surface area is 101 Å². The lowest BCUT2D eigenvalue weighted by atomic mass is 9.59.